The molecular weight excluding hydrogens is 439 g/mol. The summed E-state index contributed by atoms with van der Waals surface area (Å²) < 4.78 is 23.4. The molecule has 0 heterocycles. The number of anilines is 1. The van der Waals surface area contributed by atoms with Crippen molar-refractivity contribution < 1.29 is 28.2 Å². The Morgan fingerprint density at radius 3 is 2.41 bits per heavy atom. The van der Waals surface area contributed by atoms with E-state index in [1.54, 1.807) is 24.3 Å². The normalized spacial score (nSPS) is 12.2. The zero-order valence-corrected chi connectivity index (χ0v) is 18.5. The molecule has 0 spiro atoms. The fourth-order valence-corrected chi connectivity index (χ4v) is 3.90. The average Bonchev–Trinajstić information content (AvgIpc) is 3.19. The molecule has 0 aromatic heterocycles. The molecule has 0 bridgehead atoms. The van der Waals surface area contributed by atoms with E-state index < -0.39 is 24.0 Å². The summed E-state index contributed by atoms with van der Waals surface area (Å²) in [5.74, 6) is -1.54. The maximum Gasteiger partial charge on any atom is 0.408 e. The van der Waals surface area contributed by atoms with Crippen LogP contribution in [0.3, 0.4) is 0 Å². The van der Waals surface area contributed by atoms with Crippen molar-refractivity contribution in [2.75, 3.05) is 12.4 Å². The number of amides is 2. The molecule has 3 aromatic rings. The van der Waals surface area contributed by atoms with Gasteiger partial charge in [0.15, 0.2) is 0 Å². The van der Waals surface area contributed by atoms with Crippen molar-refractivity contribution in [3.63, 3.8) is 0 Å². The number of ether oxygens (including phenoxy) is 2. The highest BCUT2D eigenvalue weighted by Gasteiger charge is 2.26. The minimum Gasteiger partial charge on any atom is -0.467 e. The number of carbonyl (C=O) groups excluding carboxylic acids is 3. The molecule has 1 aliphatic carbocycles. The lowest BCUT2D eigenvalue weighted by molar-refractivity contribution is -0.144. The Hall–Kier alpha value is -4.20. The van der Waals surface area contributed by atoms with Crippen LogP contribution in [0.2, 0.25) is 0 Å². The van der Waals surface area contributed by atoms with E-state index in [1.807, 2.05) is 30.3 Å². The van der Waals surface area contributed by atoms with Crippen LogP contribution in [0.4, 0.5) is 14.9 Å². The van der Waals surface area contributed by atoms with Gasteiger partial charge in [0.25, 0.3) is 0 Å². The van der Waals surface area contributed by atoms with Gasteiger partial charge in [0.1, 0.15) is 18.5 Å². The lowest BCUT2D eigenvalue weighted by atomic mass is 10.1. The van der Waals surface area contributed by atoms with E-state index >= 15 is 0 Å². The molecule has 0 saturated heterocycles. The fraction of sp³-hybridized carbons (Fsp3) is 0.192. The van der Waals surface area contributed by atoms with Crippen molar-refractivity contribution in [3.05, 3.63) is 89.2 Å². The molecular formula is C26H23FN2O5. The molecule has 1 aliphatic rings. The maximum atomic E-state index is 13.5. The number of fused-ring (bicyclic) bond motifs is 3. The second kappa shape index (κ2) is 10.2. The molecule has 0 fully saturated rings. The number of hydrogen-bond donors (Lipinski definition) is 2. The van der Waals surface area contributed by atoms with E-state index in [1.165, 1.54) is 19.2 Å². The van der Waals surface area contributed by atoms with Crippen LogP contribution in [0.15, 0.2) is 66.7 Å². The number of nitrogens with one attached hydrogen (secondary N) is 2. The molecule has 8 heteroatoms. The summed E-state index contributed by atoms with van der Waals surface area (Å²) in [4.78, 5) is 36.9. The number of halogens is 1. The Balaban J connectivity index is 1.36. The van der Waals surface area contributed by atoms with E-state index in [0.717, 1.165) is 27.8 Å². The maximum absolute atomic E-state index is 13.5. The van der Waals surface area contributed by atoms with E-state index in [9.17, 15) is 18.8 Å². The summed E-state index contributed by atoms with van der Waals surface area (Å²) in [6, 6.07) is 18.0. The summed E-state index contributed by atoms with van der Waals surface area (Å²) in [6.45, 7) is 0.0220. The highest BCUT2D eigenvalue weighted by atomic mass is 19.1. The molecule has 4 rings (SSSR count). The van der Waals surface area contributed by atoms with Gasteiger partial charge in [-0.15, -0.1) is 0 Å². The molecule has 1 atom stereocenters. The molecule has 0 unspecified atom stereocenters. The van der Waals surface area contributed by atoms with Gasteiger partial charge >= 0.3 is 12.1 Å². The highest BCUT2D eigenvalue weighted by molar-refractivity contribution is 5.96. The van der Waals surface area contributed by atoms with Gasteiger partial charge in [-0.3, -0.25) is 4.79 Å². The van der Waals surface area contributed by atoms with Gasteiger partial charge in [0, 0.05) is 5.69 Å². The van der Waals surface area contributed by atoms with Crippen LogP contribution in [0.1, 0.15) is 23.1 Å². The van der Waals surface area contributed by atoms with Crippen molar-refractivity contribution >= 4 is 23.7 Å². The van der Waals surface area contributed by atoms with Gasteiger partial charge in [0.2, 0.25) is 5.91 Å². The average molecular weight is 462 g/mol. The van der Waals surface area contributed by atoms with Crippen LogP contribution in [0.25, 0.3) is 11.1 Å². The summed E-state index contributed by atoms with van der Waals surface area (Å²) in [5, 5.41) is 5.12. The summed E-state index contributed by atoms with van der Waals surface area (Å²) in [7, 11) is 1.17. The van der Waals surface area contributed by atoms with E-state index in [2.05, 4.69) is 10.6 Å². The third-order valence-electron chi connectivity index (χ3n) is 5.51. The second-order valence-electron chi connectivity index (χ2n) is 7.88. The second-order valence-corrected chi connectivity index (χ2v) is 7.88. The van der Waals surface area contributed by atoms with Crippen molar-refractivity contribution in [2.24, 2.45) is 0 Å². The number of rotatable bonds is 7. The summed E-state index contributed by atoms with van der Waals surface area (Å²) >= 11 is 0. The molecule has 0 aliphatic heterocycles. The van der Waals surface area contributed by atoms with Gasteiger partial charge in [-0.25, -0.2) is 14.0 Å². The Morgan fingerprint density at radius 1 is 0.971 bits per heavy atom. The van der Waals surface area contributed by atoms with Crippen LogP contribution in [0.5, 0.6) is 0 Å². The smallest absolute Gasteiger partial charge is 0.408 e. The zero-order chi connectivity index (χ0) is 24.1. The zero-order valence-electron chi connectivity index (χ0n) is 18.5. The fourth-order valence-electron chi connectivity index (χ4n) is 3.90. The Kier molecular flexibility index (Phi) is 6.87. The van der Waals surface area contributed by atoms with Crippen LogP contribution < -0.4 is 10.6 Å². The van der Waals surface area contributed by atoms with E-state index in [4.69, 9.17) is 9.47 Å². The molecule has 2 N–H and O–H groups in total. The minimum absolute atomic E-state index is 0.0220. The van der Waals surface area contributed by atoms with Gasteiger partial charge in [0.05, 0.1) is 13.5 Å². The van der Waals surface area contributed by atoms with Crippen LogP contribution in [-0.4, -0.2) is 31.1 Å². The van der Waals surface area contributed by atoms with Crippen LogP contribution in [0, 0.1) is 5.82 Å². The van der Waals surface area contributed by atoms with Crippen molar-refractivity contribution in [1.82, 2.24) is 5.32 Å². The number of hydrogen-bond acceptors (Lipinski definition) is 5. The molecule has 2 amide bonds. The van der Waals surface area contributed by atoms with E-state index in [0.29, 0.717) is 12.1 Å². The van der Waals surface area contributed by atoms with Crippen LogP contribution >= 0.6 is 0 Å². The van der Waals surface area contributed by atoms with Gasteiger partial charge in [-0.05, 0) is 58.5 Å². The predicted octanol–water partition coefficient (Wildman–Crippen LogP) is 4.19. The third kappa shape index (κ3) is 5.40. The molecule has 3 aromatic carbocycles. The van der Waals surface area contributed by atoms with Crippen molar-refractivity contribution in [2.45, 2.75) is 25.5 Å². The molecule has 0 radical (unpaired) electrons. The first kappa shape index (κ1) is 23.0. The molecule has 174 valence electrons. The molecule has 7 nitrogen and oxygen atoms in total. The third-order valence-corrected chi connectivity index (χ3v) is 5.51. The molecule has 34 heavy (non-hydrogen) atoms. The van der Waals surface area contributed by atoms with E-state index in [-0.39, 0.29) is 18.8 Å². The van der Waals surface area contributed by atoms with Gasteiger partial charge < -0.3 is 20.1 Å². The Labute approximate surface area is 195 Å². The predicted molar refractivity (Wildman–Crippen MR) is 123 cm³/mol. The largest absolute Gasteiger partial charge is 0.467 e. The van der Waals surface area contributed by atoms with Crippen molar-refractivity contribution in [3.8, 4) is 11.1 Å². The van der Waals surface area contributed by atoms with Crippen LogP contribution in [-0.2, 0) is 32.1 Å². The topological polar surface area (TPSA) is 93.7 Å². The number of esters is 1. The first-order chi connectivity index (χ1) is 16.4. The number of carbonyl (C=O) groups is 3. The van der Waals surface area contributed by atoms with Gasteiger partial charge in [-0.1, -0.05) is 42.5 Å². The lowest BCUT2D eigenvalue weighted by Gasteiger charge is -2.16. The summed E-state index contributed by atoms with van der Waals surface area (Å²) in [6.07, 6.45) is -0.615. The van der Waals surface area contributed by atoms with Crippen molar-refractivity contribution in [1.29, 1.82) is 0 Å². The highest BCUT2D eigenvalue weighted by Crippen LogP contribution is 2.38. The SMILES string of the molecule is COC(=O)[C@H](CC(=O)Nc1ccc2c(c1)Cc1cc(F)ccc1-2)NC(=O)OCc1ccccc1. The standard InChI is InChI=1S/C26H23FN2O5/c1-33-25(31)23(29-26(32)34-15-16-5-3-2-4-6-16)14-24(30)28-20-8-10-22-18(13-20)11-17-12-19(27)7-9-21(17)22/h2-10,12-13,23H,11,14-15H2,1H3,(H,28,30)(H,29,32)/t23-/m0/s1. The minimum atomic E-state index is -1.21. The first-order valence-corrected chi connectivity index (χ1v) is 10.7. The Morgan fingerprint density at radius 2 is 1.68 bits per heavy atom. The monoisotopic (exact) mass is 462 g/mol. The Bertz CT molecular complexity index is 1230. The summed E-state index contributed by atoms with van der Waals surface area (Å²) in [5.41, 5.74) is 5.13. The van der Waals surface area contributed by atoms with Gasteiger partial charge in [-0.2, -0.15) is 0 Å². The number of benzene rings is 3. The number of alkyl carbamates (subject to hydrolysis) is 1. The lowest BCUT2D eigenvalue weighted by Crippen LogP contribution is -2.44. The number of methoxy groups -OCH3 is 1. The first-order valence-electron chi connectivity index (χ1n) is 10.7. The molecule has 0 saturated carbocycles. The quantitative estimate of drug-likeness (QED) is 0.402.